The van der Waals surface area contributed by atoms with Crippen LogP contribution in [-0.4, -0.2) is 14.1 Å². The highest BCUT2D eigenvalue weighted by Gasteiger charge is 2.36. The fourth-order valence-corrected chi connectivity index (χ4v) is 3.04. The van der Waals surface area contributed by atoms with E-state index >= 15 is 0 Å². The molecule has 1 aliphatic rings. The Morgan fingerprint density at radius 1 is 1.14 bits per heavy atom. The first-order valence-corrected chi connectivity index (χ1v) is 7.55. The summed E-state index contributed by atoms with van der Waals surface area (Å²) in [7, 11) is 3.53. The molecule has 0 heterocycles. The molecule has 0 aromatic heterocycles. The van der Waals surface area contributed by atoms with E-state index in [0.29, 0.717) is 5.69 Å². The van der Waals surface area contributed by atoms with Crippen molar-refractivity contribution in [3.8, 4) is 0 Å². The standard InChI is InChI=1S/C15H13Cl3F3N/c1-22(2)9-3-4-11(15(19,20)21)10(7-9)8-5-12(16)14(18)13(17)6-8/h3-5,7-8H,6H2,1-2H3. The summed E-state index contributed by atoms with van der Waals surface area (Å²) in [6.45, 7) is 0. The summed E-state index contributed by atoms with van der Waals surface area (Å²) in [5.74, 6) is -0.570. The molecule has 0 amide bonds. The van der Waals surface area contributed by atoms with E-state index in [0.717, 1.165) is 6.07 Å². The van der Waals surface area contributed by atoms with Crippen molar-refractivity contribution in [3.05, 3.63) is 50.5 Å². The highest BCUT2D eigenvalue weighted by molar-refractivity contribution is 6.48. The van der Waals surface area contributed by atoms with E-state index in [2.05, 4.69) is 0 Å². The van der Waals surface area contributed by atoms with Crippen molar-refractivity contribution in [1.82, 2.24) is 0 Å². The van der Waals surface area contributed by atoms with Gasteiger partial charge in [0.25, 0.3) is 0 Å². The minimum atomic E-state index is -4.45. The van der Waals surface area contributed by atoms with Crippen LogP contribution < -0.4 is 4.90 Å². The van der Waals surface area contributed by atoms with Gasteiger partial charge in [-0.2, -0.15) is 13.2 Å². The van der Waals surface area contributed by atoms with E-state index in [-0.39, 0.29) is 27.1 Å². The molecule has 1 aromatic carbocycles. The molecule has 1 atom stereocenters. The Hall–Kier alpha value is -0.840. The lowest BCUT2D eigenvalue weighted by atomic mass is 9.88. The normalized spacial score (nSPS) is 19.3. The maximum Gasteiger partial charge on any atom is 0.416 e. The number of anilines is 1. The van der Waals surface area contributed by atoms with Crippen molar-refractivity contribution >= 4 is 40.5 Å². The number of halogens is 6. The summed E-state index contributed by atoms with van der Waals surface area (Å²) in [5.41, 5.74) is 0.120. The average Bonchev–Trinajstić information content (AvgIpc) is 2.42. The fourth-order valence-electron chi connectivity index (χ4n) is 2.31. The Morgan fingerprint density at radius 3 is 2.27 bits per heavy atom. The van der Waals surface area contributed by atoms with Crippen LogP contribution in [0.3, 0.4) is 0 Å². The fraction of sp³-hybridized carbons (Fsp3) is 0.333. The zero-order chi connectivity index (χ0) is 16.7. The highest BCUT2D eigenvalue weighted by atomic mass is 35.5. The third kappa shape index (κ3) is 3.55. The van der Waals surface area contributed by atoms with Crippen LogP contribution in [0.5, 0.6) is 0 Å². The van der Waals surface area contributed by atoms with Crippen molar-refractivity contribution in [2.24, 2.45) is 0 Å². The number of hydrogen-bond donors (Lipinski definition) is 0. The molecular formula is C15H13Cl3F3N. The Morgan fingerprint density at radius 2 is 1.77 bits per heavy atom. The number of hydrogen-bond acceptors (Lipinski definition) is 1. The molecule has 0 fully saturated rings. The summed E-state index contributed by atoms with van der Waals surface area (Å²) in [6.07, 6.45) is -2.74. The van der Waals surface area contributed by atoms with E-state index < -0.39 is 17.7 Å². The molecule has 0 saturated carbocycles. The Balaban J connectivity index is 2.56. The molecule has 2 rings (SSSR count). The van der Waals surface area contributed by atoms with Crippen LogP contribution in [0.2, 0.25) is 0 Å². The molecule has 7 heteroatoms. The second kappa shape index (κ2) is 6.34. The van der Waals surface area contributed by atoms with Gasteiger partial charge in [0.2, 0.25) is 0 Å². The van der Waals surface area contributed by atoms with Gasteiger partial charge in [-0.25, -0.2) is 0 Å². The number of allylic oxidation sites excluding steroid dienone is 4. The molecule has 0 saturated heterocycles. The van der Waals surface area contributed by atoms with Gasteiger partial charge in [-0.15, -0.1) is 0 Å². The van der Waals surface area contributed by atoms with Crippen LogP contribution in [0.1, 0.15) is 23.5 Å². The SMILES string of the molecule is CN(C)c1ccc(C(F)(F)F)c(C2C=C(Cl)C(Cl)=C(Cl)C2)c1. The van der Waals surface area contributed by atoms with Gasteiger partial charge in [0.1, 0.15) is 0 Å². The molecule has 1 nitrogen and oxygen atoms in total. The molecule has 0 bridgehead atoms. The summed E-state index contributed by atoms with van der Waals surface area (Å²) >= 11 is 17.9. The minimum Gasteiger partial charge on any atom is -0.378 e. The molecule has 1 aliphatic carbocycles. The first kappa shape index (κ1) is 17.5. The third-order valence-electron chi connectivity index (χ3n) is 3.45. The largest absolute Gasteiger partial charge is 0.416 e. The maximum atomic E-state index is 13.3. The van der Waals surface area contributed by atoms with Crippen LogP contribution in [0, 0.1) is 0 Å². The molecule has 0 aliphatic heterocycles. The molecule has 0 N–H and O–H groups in total. The lowest BCUT2D eigenvalue weighted by molar-refractivity contribution is -0.138. The van der Waals surface area contributed by atoms with Crippen LogP contribution >= 0.6 is 34.8 Å². The van der Waals surface area contributed by atoms with Gasteiger partial charge < -0.3 is 4.90 Å². The molecule has 120 valence electrons. The highest BCUT2D eigenvalue weighted by Crippen LogP contribution is 2.44. The summed E-state index contributed by atoms with van der Waals surface area (Å²) in [5, 5.41) is 0.630. The van der Waals surface area contributed by atoms with Crippen LogP contribution in [0.4, 0.5) is 18.9 Å². The van der Waals surface area contributed by atoms with Gasteiger partial charge in [0.05, 0.1) is 15.6 Å². The van der Waals surface area contributed by atoms with E-state index in [1.165, 1.54) is 18.2 Å². The van der Waals surface area contributed by atoms with Gasteiger partial charge in [-0.1, -0.05) is 40.9 Å². The first-order chi connectivity index (χ1) is 10.1. The quantitative estimate of drug-likeness (QED) is 0.610. The Bertz CT molecular complexity index is 648. The van der Waals surface area contributed by atoms with E-state index in [9.17, 15) is 13.2 Å². The van der Waals surface area contributed by atoms with E-state index in [4.69, 9.17) is 34.8 Å². The van der Waals surface area contributed by atoms with Gasteiger partial charge in [-0.3, -0.25) is 0 Å². The molecule has 0 spiro atoms. The lowest BCUT2D eigenvalue weighted by Gasteiger charge is -2.25. The number of benzene rings is 1. The maximum absolute atomic E-state index is 13.3. The Labute approximate surface area is 141 Å². The monoisotopic (exact) mass is 369 g/mol. The summed E-state index contributed by atoms with van der Waals surface area (Å²) in [6, 6.07) is 4.03. The second-order valence-corrected chi connectivity index (χ2v) is 6.45. The van der Waals surface area contributed by atoms with Crippen LogP contribution in [0.25, 0.3) is 0 Å². The second-order valence-electron chi connectivity index (χ2n) is 5.21. The van der Waals surface area contributed by atoms with Crippen molar-refractivity contribution in [1.29, 1.82) is 0 Å². The van der Waals surface area contributed by atoms with Crippen molar-refractivity contribution in [2.75, 3.05) is 19.0 Å². The van der Waals surface area contributed by atoms with Crippen molar-refractivity contribution < 1.29 is 13.2 Å². The van der Waals surface area contributed by atoms with Crippen LogP contribution in [-0.2, 0) is 6.18 Å². The Kier molecular flexibility index (Phi) is 5.05. The van der Waals surface area contributed by atoms with Crippen LogP contribution in [0.15, 0.2) is 39.4 Å². The predicted molar refractivity (Wildman–Crippen MR) is 85.8 cm³/mol. The zero-order valence-electron chi connectivity index (χ0n) is 11.8. The van der Waals surface area contributed by atoms with E-state index in [1.54, 1.807) is 19.0 Å². The van der Waals surface area contributed by atoms with Gasteiger partial charge in [0, 0.05) is 30.7 Å². The molecule has 1 unspecified atom stereocenters. The third-order valence-corrected chi connectivity index (χ3v) is 4.73. The number of alkyl halides is 3. The number of rotatable bonds is 2. The summed E-state index contributed by atoms with van der Waals surface area (Å²) in [4.78, 5) is 1.74. The lowest BCUT2D eigenvalue weighted by Crippen LogP contribution is -2.15. The summed E-state index contributed by atoms with van der Waals surface area (Å²) < 4.78 is 39.8. The topological polar surface area (TPSA) is 3.24 Å². The average molecular weight is 371 g/mol. The predicted octanol–water partition coefficient (Wildman–Crippen LogP) is 6.07. The molecule has 0 radical (unpaired) electrons. The smallest absolute Gasteiger partial charge is 0.378 e. The molecule has 22 heavy (non-hydrogen) atoms. The van der Waals surface area contributed by atoms with Crippen molar-refractivity contribution in [2.45, 2.75) is 18.5 Å². The van der Waals surface area contributed by atoms with Crippen molar-refractivity contribution in [3.63, 3.8) is 0 Å². The zero-order valence-corrected chi connectivity index (χ0v) is 14.1. The van der Waals surface area contributed by atoms with Gasteiger partial charge in [-0.05, 0) is 30.2 Å². The van der Waals surface area contributed by atoms with Gasteiger partial charge in [0.15, 0.2) is 0 Å². The molecular weight excluding hydrogens is 358 g/mol. The minimum absolute atomic E-state index is 0.138. The molecule has 1 aromatic rings. The van der Waals surface area contributed by atoms with E-state index in [1.807, 2.05) is 0 Å². The van der Waals surface area contributed by atoms with Gasteiger partial charge >= 0.3 is 6.18 Å². The number of nitrogens with zero attached hydrogens (tertiary/aromatic N) is 1. The first-order valence-electron chi connectivity index (χ1n) is 6.41.